The number of ketones is 1. The Kier molecular flexibility index (Phi) is 8.68. The predicted octanol–water partition coefficient (Wildman–Crippen LogP) is 5.59. The fourth-order valence-corrected chi connectivity index (χ4v) is 4.33. The van der Waals surface area contributed by atoms with Gasteiger partial charge >= 0.3 is 0 Å². The van der Waals surface area contributed by atoms with E-state index in [1.807, 2.05) is 24.3 Å². The zero-order chi connectivity index (χ0) is 25.5. The van der Waals surface area contributed by atoms with Gasteiger partial charge in [0.05, 0.1) is 42.7 Å². The van der Waals surface area contributed by atoms with Crippen LogP contribution in [0.1, 0.15) is 37.3 Å². The van der Waals surface area contributed by atoms with Crippen LogP contribution in [0.3, 0.4) is 0 Å². The highest BCUT2D eigenvalue weighted by atomic mass is 16.5. The summed E-state index contributed by atoms with van der Waals surface area (Å²) in [5.41, 5.74) is 2.96. The first kappa shape index (κ1) is 26.0. The molecular weight excluding hydrogens is 448 g/mol. The molecule has 0 aliphatic heterocycles. The largest absolute Gasteiger partial charge is 0.496 e. The van der Waals surface area contributed by atoms with Crippen LogP contribution in [-0.4, -0.2) is 48.4 Å². The molecule has 3 rings (SSSR count). The van der Waals surface area contributed by atoms with E-state index < -0.39 is 0 Å². The zero-order valence-electron chi connectivity index (χ0n) is 21.5. The van der Waals surface area contributed by atoms with Crippen LogP contribution in [-0.2, 0) is 4.79 Å². The molecule has 0 N–H and O–H groups in total. The van der Waals surface area contributed by atoms with Gasteiger partial charge in [0, 0.05) is 34.4 Å². The molecule has 0 radical (unpaired) electrons. The Morgan fingerprint density at radius 1 is 0.629 bits per heavy atom. The number of allylic oxidation sites excluding steroid dienone is 2. The van der Waals surface area contributed by atoms with Gasteiger partial charge in [-0.2, -0.15) is 0 Å². The van der Waals surface area contributed by atoms with Crippen molar-refractivity contribution in [1.29, 1.82) is 0 Å². The second-order valence-electron chi connectivity index (χ2n) is 8.25. The number of carbonyl (C=O) groups excluding carboxylic acids is 1. The van der Waals surface area contributed by atoms with E-state index in [2.05, 4.69) is 6.92 Å². The van der Waals surface area contributed by atoms with E-state index in [1.54, 1.807) is 54.8 Å². The van der Waals surface area contributed by atoms with Gasteiger partial charge in [-0.25, -0.2) is 0 Å². The van der Waals surface area contributed by atoms with Gasteiger partial charge in [0.25, 0.3) is 0 Å². The van der Waals surface area contributed by atoms with Crippen molar-refractivity contribution in [1.82, 2.24) is 0 Å². The van der Waals surface area contributed by atoms with E-state index in [0.29, 0.717) is 53.3 Å². The Labute approximate surface area is 207 Å². The molecule has 1 fully saturated rings. The molecule has 188 valence electrons. The third-order valence-corrected chi connectivity index (χ3v) is 6.31. The molecule has 7 heteroatoms. The molecule has 0 heterocycles. The van der Waals surface area contributed by atoms with Gasteiger partial charge in [-0.15, -0.1) is 0 Å². The lowest BCUT2D eigenvalue weighted by molar-refractivity contribution is -0.113. The molecule has 0 atom stereocenters. The van der Waals surface area contributed by atoms with Gasteiger partial charge in [-0.05, 0) is 43.0 Å². The molecule has 35 heavy (non-hydrogen) atoms. The summed E-state index contributed by atoms with van der Waals surface area (Å²) in [4.78, 5) is 13.6. The summed E-state index contributed by atoms with van der Waals surface area (Å²) in [6.07, 6.45) is 6.11. The second kappa shape index (κ2) is 11.7. The summed E-state index contributed by atoms with van der Waals surface area (Å²) in [7, 11) is 9.50. The molecule has 0 bridgehead atoms. The first-order valence-corrected chi connectivity index (χ1v) is 11.5. The first-order chi connectivity index (χ1) is 16.9. The Hall–Kier alpha value is -3.61. The fraction of sp³-hybridized carbons (Fsp3) is 0.393. The third-order valence-electron chi connectivity index (χ3n) is 6.31. The number of ether oxygens (including phenoxy) is 6. The summed E-state index contributed by atoms with van der Waals surface area (Å²) in [6.45, 7) is 2.14. The van der Waals surface area contributed by atoms with Crippen LogP contribution in [0.4, 0.5) is 0 Å². The van der Waals surface area contributed by atoms with Gasteiger partial charge in [-0.3, -0.25) is 4.79 Å². The highest BCUT2D eigenvalue weighted by Crippen LogP contribution is 2.41. The molecule has 7 nitrogen and oxygen atoms in total. The Bertz CT molecular complexity index is 1050. The van der Waals surface area contributed by atoms with E-state index in [-0.39, 0.29) is 5.78 Å². The van der Waals surface area contributed by atoms with Crippen LogP contribution in [0.25, 0.3) is 12.2 Å². The monoisotopic (exact) mass is 482 g/mol. The molecule has 0 amide bonds. The maximum atomic E-state index is 13.6. The smallest absolute Gasteiger partial charge is 0.185 e. The van der Waals surface area contributed by atoms with E-state index >= 15 is 0 Å². The highest BCUT2D eigenvalue weighted by Gasteiger charge is 2.28. The summed E-state index contributed by atoms with van der Waals surface area (Å²) in [6, 6.07) is 7.19. The number of carbonyl (C=O) groups is 1. The molecule has 0 unspecified atom stereocenters. The lowest BCUT2D eigenvalue weighted by Crippen LogP contribution is -2.19. The van der Waals surface area contributed by atoms with E-state index in [9.17, 15) is 4.79 Å². The lowest BCUT2D eigenvalue weighted by Gasteiger charge is -2.25. The van der Waals surface area contributed by atoms with Gasteiger partial charge in [0.15, 0.2) is 28.8 Å². The predicted molar refractivity (Wildman–Crippen MR) is 136 cm³/mol. The van der Waals surface area contributed by atoms with Crippen molar-refractivity contribution in [3.63, 3.8) is 0 Å². The molecule has 0 saturated heterocycles. The first-order valence-electron chi connectivity index (χ1n) is 11.5. The zero-order valence-corrected chi connectivity index (χ0v) is 21.5. The Morgan fingerprint density at radius 2 is 0.971 bits per heavy atom. The third kappa shape index (κ3) is 5.56. The van der Waals surface area contributed by atoms with Crippen LogP contribution < -0.4 is 28.4 Å². The van der Waals surface area contributed by atoms with E-state index in [1.165, 1.54) is 0 Å². The van der Waals surface area contributed by atoms with Crippen molar-refractivity contribution < 1.29 is 33.2 Å². The topological polar surface area (TPSA) is 72.5 Å². The summed E-state index contributed by atoms with van der Waals surface area (Å²) < 4.78 is 32.8. The number of rotatable bonds is 9. The number of hydrogen-bond donors (Lipinski definition) is 0. The number of Topliss-reactive ketones (excluding diaryl/α,β-unsaturated/α-hetero) is 1. The maximum Gasteiger partial charge on any atom is 0.185 e. The average molecular weight is 483 g/mol. The van der Waals surface area contributed by atoms with Crippen molar-refractivity contribution in [2.24, 2.45) is 5.92 Å². The second-order valence-corrected chi connectivity index (χ2v) is 8.25. The molecule has 0 aromatic heterocycles. The van der Waals surface area contributed by atoms with Crippen LogP contribution in [0.15, 0.2) is 35.4 Å². The molecule has 1 saturated carbocycles. The quantitative estimate of drug-likeness (QED) is 0.431. The summed E-state index contributed by atoms with van der Waals surface area (Å²) in [5.74, 6) is 3.82. The fourth-order valence-electron chi connectivity index (χ4n) is 4.33. The standard InChI is InChI=1S/C28H34O7/c1-8-17-9-20(11-18-13-24(32-4)26(34-6)15-22(18)30-2)28(29)21(10-17)12-19-14-25(33-5)27(35-7)16-23(19)31-3/h11-17H,8-10H2,1-7H3/b20-11+,21-12+. The number of methoxy groups -OCH3 is 6. The van der Waals surface area contributed by atoms with Crippen molar-refractivity contribution in [2.75, 3.05) is 42.7 Å². The maximum absolute atomic E-state index is 13.6. The minimum Gasteiger partial charge on any atom is -0.496 e. The summed E-state index contributed by atoms with van der Waals surface area (Å²) >= 11 is 0. The molecular formula is C28H34O7. The molecule has 2 aromatic carbocycles. The minimum absolute atomic E-state index is 0.00313. The van der Waals surface area contributed by atoms with Crippen LogP contribution in [0.5, 0.6) is 34.5 Å². The van der Waals surface area contributed by atoms with Crippen LogP contribution >= 0.6 is 0 Å². The van der Waals surface area contributed by atoms with Gasteiger partial charge in [0.2, 0.25) is 0 Å². The molecule has 1 aliphatic rings. The number of hydrogen-bond acceptors (Lipinski definition) is 7. The highest BCUT2D eigenvalue weighted by molar-refractivity contribution is 6.14. The number of benzene rings is 2. The van der Waals surface area contributed by atoms with Crippen molar-refractivity contribution in [2.45, 2.75) is 26.2 Å². The van der Waals surface area contributed by atoms with Crippen LogP contribution in [0.2, 0.25) is 0 Å². The minimum atomic E-state index is 0.00313. The normalized spacial score (nSPS) is 17.9. The van der Waals surface area contributed by atoms with Crippen molar-refractivity contribution >= 4 is 17.9 Å². The van der Waals surface area contributed by atoms with Gasteiger partial charge in [0.1, 0.15) is 11.5 Å². The lowest BCUT2D eigenvalue weighted by atomic mass is 9.78. The van der Waals surface area contributed by atoms with Crippen LogP contribution in [0, 0.1) is 5.92 Å². The molecule has 1 aliphatic carbocycles. The Morgan fingerprint density at radius 3 is 1.29 bits per heavy atom. The summed E-state index contributed by atoms with van der Waals surface area (Å²) in [5, 5.41) is 0. The molecule has 2 aromatic rings. The van der Waals surface area contributed by atoms with Crippen molar-refractivity contribution in [3.8, 4) is 34.5 Å². The van der Waals surface area contributed by atoms with Gasteiger partial charge < -0.3 is 28.4 Å². The SMILES string of the molecule is CCC1C/C(=C\c2cc(OC)c(OC)cc2OC)C(=O)/C(=C/c2cc(OC)c(OC)cc2OC)C1. The molecule has 0 spiro atoms. The van der Waals surface area contributed by atoms with Crippen molar-refractivity contribution in [3.05, 3.63) is 46.5 Å². The van der Waals surface area contributed by atoms with E-state index in [4.69, 9.17) is 28.4 Å². The van der Waals surface area contributed by atoms with E-state index in [0.717, 1.165) is 28.7 Å². The average Bonchev–Trinajstić information content (AvgIpc) is 2.89. The Balaban J connectivity index is 2.10. The van der Waals surface area contributed by atoms with Gasteiger partial charge in [-0.1, -0.05) is 13.3 Å².